The highest BCUT2D eigenvalue weighted by Crippen LogP contribution is 2.18. The summed E-state index contributed by atoms with van der Waals surface area (Å²) in [5, 5.41) is 7.61. The number of hydrogen-bond donors (Lipinski definition) is 1. The van der Waals surface area contributed by atoms with Crippen molar-refractivity contribution in [2.24, 2.45) is 5.41 Å². The smallest absolute Gasteiger partial charge is 0.0183 e. The van der Waals surface area contributed by atoms with Crippen LogP contribution < -0.4 is 0 Å². The summed E-state index contributed by atoms with van der Waals surface area (Å²) in [5.74, 6) is 0. The third-order valence-corrected chi connectivity index (χ3v) is 1.38. The van der Waals surface area contributed by atoms with E-state index in [1.54, 1.807) is 0 Å². The molecule has 1 nitrogen and oxygen atoms in total. The summed E-state index contributed by atoms with van der Waals surface area (Å²) in [6, 6.07) is 0. The molecule has 0 aromatic carbocycles. The van der Waals surface area contributed by atoms with E-state index in [9.17, 15) is 0 Å². The van der Waals surface area contributed by atoms with Gasteiger partial charge in [-0.3, -0.25) is 0 Å². The van der Waals surface area contributed by atoms with Gasteiger partial charge in [-0.15, -0.1) is 0 Å². The van der Waals surface area contributed by atoms with E-state index in [1.807, 2.05) is 6.92 Å². The van der Waals surface area contributed by atoms with Gasteiger partial charge in [0.05, 0.1) is 0 Å². The monoisotopic (exact) mass is 139 g/mol. The standard InChI is InChI=1S/C9H17N/c1-7(2)6-8(10)9(3,4)5/h10H,1,6H2,2-5H3. The summed E-state index contributed by atoms with van der Waals surface area (Å²) in [6.45, 7) is 11.9. The van der Waals surface area contributed by atoms with Crippen LogP contribution in [0.4, 0.5) is 0 Å². The summed E-state index contributed by atoms with van der Waals surface area (Å²) < 4.78 is 0. The Morgan fingerprint density at radius 2 is 1.80 bits per heavy atom. The van der Waals surface area contributed by atoms with Gasteiger partial charge in [0, 0.05) is 12.1 Å². The number of nitrogens with one attached hydrogen (secondary N) is 1. The molecule has 0 aromatic heterocycles. The first-order valence-corrected chi connectivity index (χ1v) is 3.56. The van der Waals surface area contributed by atoms with Crippen molar-refractivity contribution in [2.75, 3.05) is 0 Å². The molecule has 0 amide bonds. The lowest BCUT2D eigenvalue weighted by Gasteiger charge is -2.19. The Hall–Kier alpha value is -0.590. The molecule has 0 rings (SSSR count). The molecule has 0 saturated heterocycles. The van der Waals surface area contributed by atoms with Crippen LogP contribution in [0.5, 0.6) is 0 Å². The molecule has 0 radical (unpaired) electrons. The second-order valence-corrected chi connectivity index (χ2v) is 3.86. The maximum Gasteiger partial charge on any atom is 0.0183 e. The van der Waals surface area contributed by atoms with E-state index < -0.39 is 0 Å². The van der Waals surface area contributed by atoms with Crippen LogP contribution in [0, 0.1) is 10.8 Å². The van der Waals surface area contributed by atoms with Crippen LogP contribution in [0.3, 0.4) is 0 Å². The van der Waals surface area contributed by atoms with E-state index in [-0.39, 0.29) is 5.41 Å². The third-order valence-electron chi connectivity index (χ3n) is 1.38. The van der Waals surface area contributed by atoms with Gasteiger partial charge < -0.3 is 5.41 Å². The Morgan fingerprint density at radius 3 is 1.90 bits per heavy atom. The van der Waals surface area contributed by atoms with Crippen molar-refractivity contribution in [2.45, 2.75) is 34.1 Å². The highest BCUT2D eigenvalue weighted by Gasteiger charge is 2.16. The van der Waals surface area contributed by atoms with Crippen molar-refractivity contribution in [3.8, 4) is 0 Å². The number of allylic oxidation sites excluding steroid dienone is 1. The van der Waals surface area contributed by atoms with Gasteiger partial charge in [-0.05, 0) is 12.3 Å². The van der Waals surface area contributed by atoms with Crippen LogP contribution in [0.15, 0.2) is 12.2 Å². The van der Waals surface area contributed by atoms with E-state index >= 15 is 0 Å². The Bertz CT molecular complexity index is 149. The van der Waals surface area contributed by atoms with Crippen molar-refractivity contribution < 1.29 is 0 Å². The van der Waals surface area contributed by atoms with E-state index in [1.165, 1.54) is 0 Å². The number of rotatable bonds is 2. The lowest BCUT2D eigenvalue weighted by molar-refractivity contribution is 0.577. The van der Waals surface area contributed by atoms with Gasteiger partial charge in [-0.2, -0.15) is 0 Å². The summed E-state index contributed by atoms with van der Waals surface area (Å²) in [7, 11) is 0. The highest BCUT2D eigenvalue weighted by atomic mass is 14.5. The first-order chi connectivity index (χ1) is 4.34. The summed E-state index contributed by atoms with van der Waals surface area (Å²) in [4.78, 5) is 0. The second-order valence-electron chi connectivity index (χ2n) is 3.86. The lowest BCUT2D eigenvalue weighted by Crippen LogP contribution is -2.18. The van der Waals surface area contributed by atoms with E-state index in [2.05, 4.69) is 27.4 Å². The zero-order valence-electron chi connectivity index (χ0n) is 7.41. The summed E-state index contributed by atoms with van der Waals surface area (Å²) in [5.41, 5.74) is 1.85. The first kappa shape index (κ1) is 9.41. The molecule has 0 bridgehead atoms. The normalized spacial score (nSPS) is 11.2. The van der Waals surface area contributed by atoms with Crippen LogP contribution in [-0.2, 0) is 0 Å². The molecule has 58 valence electrons. The molecule has 0 spiro atoms. The Labute approximate surface area is 63.7 Å². The predicted octanol–water partition coefficient (Wildman–Crippen LogP) is 3.02. The van der Waals surface area contributed by atoms with Gasteiger partial charge in [0.1, 0.15) is 0 Å². The van der Waals surface area contributed by atoms with Crippen LogP contribution in [0.1, 0.15) is 34.1 Å². The quantitative estimate of drug-likeness (QED) is 0.449. The maximum absolute atomic E-state index is 7.61. The molecule has 0 fully saturated rings. The summed E-state index contributed by atoms with van der Waals surface area (Å²) >= 11 is 0. The molecular formula is C9H17N. The fourth-order valence-electron chi connectivity index (χ4n) is 0.567. The van der Waals surface area contributed by atoms with Gasteiger partial charge in [0.2, 0.25) is 0 Å². The van der Waals surface area contributed by atoms with Gasteiger partial charge in [-0.25, -0.2) is 0 Å². The van der Waals surface area contributed by atoms with Crippen molar-refractivity contribution in [1.82, 2.24) is 0 Å². The van der Waals surface area contributed by atoms with E-state index in [4.69, 9.17) is 5.41 Å². The second kappa shape index (κ2) is 3.00. The van der Waals surface area contributed by atoms with Crippen LogP contribution in [0.25, 0.3) is 0 Å². The molecular weight excluding hydrogens is 122 g/mol. The largest absolute Gasteiger partial charge is 0.309 e. The molecule has 0 aromatic rings. The molecule has 1 heteroatoms. The Kier molecular flexibility index (Phi) is 2.82. The lowest BCUT2D eigenvalue weighted by atomic mass is 9.87. The molecule has 1 N–H and O–H groups in total. The average molecular weight is 139 g/mol. The van der Waals surface area contributed by atoms with Crippen LogP contribution >= 0.6 is 0 Å². The van der Waals surface area contributed by atoms with Crippen molar-refractivity contribution in [3.05, 3.63) is 12.2 Å². The number of hydrogen-bond acceptors (Lipinski definition) is 1. The minimum atomic E-state index is 0.0128. The minimum absolute atomic E-state index is 0.0128. The molecule has 10 heavy (non-hydrogen) atoms. The fraction of sp³-hybridized carbons (Fsp3) is 0.667. The van der Waals surface area contributed by atoms with E-state index in [0.29, 0.717) is 0 Å². The molecule has 0 unspecified atom stereocenters. The van der Waals surface area contributed by atoms with Gasteiger partial charge in [0.15, 0.2) is 0 Å². The average Bonchev–Trinajstić information content (AvgIpc) is 1.60. The molecule has 0 aliphatic heterocycles. The summed E-state index contributed by atoms with van der Waals surface area (Å²) in [6.07, 6.45) is 0.740. The Morgan fingerprint density at radius 1 is 1.40 bits per heavy atom. The maximum atomic E-state index is 7.61. The SMILES string of the molecule is C=C(C)CC(=N)C(C)(C)C. The Balaban J connectivity index is 3.99. The van der Waals surface area contributed by atoms with E-state index in [0.717, 1.165) is 17.7 Å². The zero-order valence-corrected chi connectivity index (χ0v) is 7.41. The molecule has 0 atom stereocenters. The van der Waals surface area contributed by atoms with Crippen molar-refractivity contribution in [1.29, 1.82) is 5.41 Å². The zero-order chi connectivity index (χ0) is 8.36. The van der Waals surface area contributed by atoms with Crippen molar-refractivity contribution >= 4 is 5.71 Å². The fourth-order valence-corrected chi connectivity index (χ4v) is 0.567. The van der Waals surface area contributed by atoms with Gasteiger partial charge in [0.25, 0.3) is 0 Å². The van der Waals surface area contributed by atoms with Crippen molar-refractivity contribution in [3.63, 3.8) is 0 Å². The topological polar surface area (TPSA) is 23.9 Å². The molecule has 0 saturated carbocycles. The predicted molar refractivity (Wildman–Crippen MR) is 46.6 cm³/mol. The molecule has 0 heterocycles. The van der Waals surface area contributed by atoms with Gasteiger partial charge in [-0.1, -0.05) is 32.9 Å². The molecule has 0 aliphatic rings. The molecule has 0 aliphatic carbocycles. The van der Waals surface area contributed by atoms with Gasteiger partial charge >= 0.3 is 0 Å². The highest BCUT2D eigenvalue weighted by molar-refractivity contribution is 5.88. The van der Waals surface area contributed by atoms with Crippen LogP contribution in [0.2, 0.25) is 0 Å². The minimum Gasteiger partial charge on any atom is -0.309 e. The third kappa shape index (κ3) is 3.44. The van der Waals surface area contributed by atoms with Crippen LogP contribution in [-0.4, -0.2) is 5.71 Å². The first-order valence-electron chi connectivity index (χ1n) is 3.56.